The lowest BCUT2D eigenvalue weighted by molar-refractivity contribution is 0.487. The van der Waals surface area contributed by atoms with Crippen LogP contribution in [-0.4, -0.2) is 15.8 Å². The molecule has 0 amide bonds. The van der Waals surface area contributed by atoms with E-state index in [-0.39, 0.29) is 33.8 Å². The molecule has 2 aromatic heterocycles. The van der Waals surface area contributed by atoms with Crippen molar-refractivity contribution in [2.45, 2.75) is 150 Å². The van der Waals surface area contributed by atoms with Crippen LogP contribution in [0.5, 0.6) is 11.5 Å². The summed E-state index contributed by atoms with van der Waals surface area (Å²) in [6.07, 6.45) is 0. The summed E-state index contributed by atoms with van der Waals surface area (Å²) < 4.78 is 22.1. The smallest absolute Gasteiger partial charge is 0.256 e. The summed E-state index contributed by atoms with van der Waals surface area (Å²) in [5.41, 5.74) is 24.7. The highest BCUT2D eigenvalue weighted by atomic mass is 16.5. The number of ether oxygens (including phenoxy) is 1. The number of hydrogen-bond acceptors (Lipinski definition) is 2. The summed E-state index contributed by atoms with van der Waals surface area (Å²) in [7, 11) is 0. The molecule has 0 atom stereocenters. The van der Waals surface area contributed by atoms with Gasteiger partial charge in [0.2, 0.25) is 0 Å². The second-order valence-corrected chi connectivity index (χ2v) is 29.9. The van der Waals surface area contributed by atoms with Crippen LogP contribution in [0.2, 0.25) is 0 Å². The Kier molecular flexibility index (Phi) is 10.7. The zero-order chi connectivity index (χ0) is 58.6. The van der Waals surface area contributed by atoms with Crippen LogP contribution in [0.3, 0.4) is 0 Å². The Hall–Kier alpha value is -7.76. The van der Waals surface area contributed by atoms with Gasteiger partial charge in [0.15, 0.2) is 0 Å². The molecule has 3 aliphatic rings. The van der Waals surface area contributed by atoms with Crippen molar-refractivity contribution >= 4 is 83.8 Å². The lowest BCUT2D eigenvalue weighted by atomic mass is 9.32. The van der Waals surface area contributed by atoms with Gasteiger partial charge in [-0.3, -0.25) is 0 Å². The van der Waals surface area contributed by atoms with E-state index in [1.165, 1.54) is 99.1 Å². The second-order valence-electron chi connectivity index (χ2n) is 29.9. The molecule has 0 fully saturated rings. The molecule has 82 heavy (non-hydrogen) atoms. The molecule has 0 N–H and O–H groups in total. The normalized spacial score (nSPS) is 15.0. The lowest BCUT2D eigenvalue weighted by Crippen LogP contribution is -2.61. The Labute approximate surface area is 488 Å². The maximum absolute atomic E-state index is 9.68. The molecule has 11 aromatic rings. The van der Waals surface area contributed by atoms with E-state index in [2.05, 4.69) is 283 Å². The minimum atomic E-state index is -0.419. The number of aromatic nitrogens is 2. The van der Waals surface area contributed by atoms with Gasteiger partial charge in [-0.05, 0) is 173 Å². The van der Waals surface area contributed by atoms with E-state index in [1.54, 1.807) is 0 Å². The number of benzene rings is 9. The third-order valence-corrected chi connectivity index (χ3v) is 18.9. The zero-order valence-electron chi connectivity index (χ0n) is 52.3. The van der Waals surface area contributed by atoms with Gasteiger partial charge < -0.3 is 18.8 Å². The average Bonchev–Trinajstić information content (AvgIpc) is 2.52. The number of nitrogens with zero attached hydrogens (tertiary/aromatic N) is 3. The zero-order valence-corrected chi connectivity index (χ0v) is 51.3. The fraction of sp³-hybridized carbons (Fsp3) is 0.299. The number of rotatable bonds is 3. The number of hydrogen-bond donors (Lipinski definition) is 0. The first-order valence-electron chi connectivity index (χ1n) is 30.4. The highest BCUT2D eigenvalue weighted by Gasteiger charge is 2.49. The fourth-order valence-corrected chi connectivity index (χ4v) is 14.2. The summed E-state index contributed by atoms with van der Waals surface area (Å²) in [5.74, 6) is 1.55. The van der Waals surface area contributed by atoms with E-state index in [9.17, 15) is 1.37 Å². The Morgan fingerprint density at radius 3 is 1.38 bits per heavy atom. The van der Waals surface area contributed by atoms with Crippen molar-refractivity contribution in [2.75, 3.05) is 4.90 Å². The molecule has 4 heterocycles. The van der Waals surface area contributed by atoms with Gasteiger partial charge in [0.05, 0.1) is 29.1 Å². The second kappa shape index (κ2) is 17.2. The fourth-order valence-electron chi connectivity index (χ4n) is 14.2. The molecule has 0 unspecified atom stereocenters. The van der Waals surface area contributed by atoms with Crippen molar-refractivity contribution in [3.63, 3.8) is 0 Å². The van der Waals surface area contributed by atoms with Gasteiger partial charge in [-0.2, -0.15) is 0 Å². The standard InChI is InChI=1S/C77H78BN3O/c1-72(2,3)45-25-31-50(32-26-45)79-63-23-20-24-66-70(63)78(58-34-33-51(43-67(58)82-66)80-59-35-27-46(73(4,5)6)39-53(59)54-40-47(74(7,8)9)28-36-60(54)80)71-65(79)44-64(68-52-21-18-19-22-57(52)77(16,17)69(68)71)81-61-37-29-48(75(10,11)12)41-55(61)56-42-49(76(13,14)15)30-38-62(56)81/h18-44H,1-17H3/i20D. The Bertz CT molecular complexity index is 4450. The molecular formula is C77H78BN3O. The Morgan fingerprint density at radius 2 is 0.878 bits per heavy atom. The quantitative estimate of drug-likeness (QED) is 0.165. The predicted molar refractivity (Wildman–Crippen MR) is 352 cm³/mol. The maximum atomic E-state index is 9.68. The molecule has 5 heteroatoms. The first-order chi connectivity index (χ1) is 39.0. The topological polar surface area (TPSA) is 22.3 Å². The number of fused-ring (bicyclic) bond motifs is 14. The van der Waals surface area contributed by atoms with E-state index in [4.69, 9.17) is 4.74 Å². The van der Waals surface area contributed by atoms with Crippen molar-refractivity contribution in [1.29, 1.82) is 0 Å². The molecular weight excluding hydrogens is 994 g/mol. The minimum absolute atomic E-state index is 0.0127. The summed E-state index contributed by atoms with van der Waals surface area (Å²) in [6, 6.07) is 60.9. The van der Waals surface area contributed by atoms with E-state index in [0.717, 1.165) is 50.9 Å². The molecule has 0 saturated heterocycles. The van der Waals surface area contributed by atoms with Gasteiger partial charge >= 0.3 is 0 Å². The van der Waals surface area contributed by atoms with Crippen LogP contribution >= 0.6 is 0 Å². The molecule has 9 aromatic carbocycles. The Morgan fingerprint density at radius 1 is 0.415 bits per heavy atom. The van der Waals surface area contributed by atoms with Crippen LogP contribution in [-0.2, 0) is 32.5 Å². The minimum Gasteiger partial charge on any atom is -0.458 e. The van der Waals surface area contributed by atoms with Crippen LogP contribution in [0.4, 0.5) is 17.1 Å². The first kappa shape index (κ1) is 51.1. The molecule has 0 saturated carbocycles. The molecule has 2 aliphatic heterocycles. The van der Waals surface area contributed by atoms with Crippen LogP contribution < -0.4 is 26.0 Å². The van der Waals surface area contributed by atoms with E-state index in [1.807, 2.05) is 6.07 Å². The third kappa shape index (κ3) is 7.70. The van der Waals surface area contributed by atoms with Gasteiger partial charge in [0.25, 0.3) is 6.71 Å². The monoisotopic (exact) mass is 1070 g/mol. The molecule has 4 nitrogen and oxygen atoms in total. The van der Waals surface area contributed by atoms with E-state index in [0.29, 0.717) is 6.04 Å². The van der Waals surface area contributed by atoms with E-state index >= 15 is 0 Å². The summed E-state index contributed by atoms with van der Waals surface area (Å²) >= 11 is 0. The molecule has 14 rings (SSSR count). The summed E-state index contributed by atoms with van der Waals surface area (Å²) in [4.78, 5) is 2.47. The highest BCUT2D eigenvalue weighted by molar-refractivity contribution is 6.99. The van der Waals surface area contributed by atoms with Gasteiger partial charge in [-0.15, -0.1) is 0 Å². The van der Waals surface area contributed by atoms with Gasteiger partial charge in [-0.1, -0.05) is 190 Å². The molecule has 0 bridgehead atoms. The van der Waals surface area contributed by atoms with Gasteiger partial charge in [0, 0.05) is 61.3 Å². The van der Waals surface area contributed by atoms with Crippen LogP contribution in [0, 0.1) is 0 Å². The van der Waals surface area contributed by atoms with Crippen LogP contribution in [0.25, 0.3) is 66.1 Å². The molecule has 1 aliphatic carbocycles. The lowest BCUT2D eigenvalue weighted by Gasteiger charge is -2.43. The maximum Gasteiger partial charge on any atom is 0.256 e. The number of anilines is 3. The van der Waals surface area contributed by atoms with Crippen molar-refractivity contribution in [1.82, 2.24) is 9.13 Å². The molecule has 410 valence electrons. The van der Waals surface area contributed by atoms with E-state index < -0.39 is 5.41 Å². The Balaban J connectivity index is 1.09. The first-order valence-corrected chi connectivity index (χ1v) is 29.9. The highest BCUT2D eigenvalue weighted by Crippen LogP contribution is 2.55. The van der Waals surface area contributed by atoms with Crippen molar-refractivity contribution in [2.24, 2.45) is 0 Å². The van der Waals surface area contributed by atoms with Crippen LogP contribution in [0.15, 0.2) is 164 Å². The van der Waals surface area contributed by atoms with Crippen molar-refractivity contribution in [3.05, 3.63) is 203 Å². The predicted octanol–water partition coefficient (Wildman–Crippen LogP) is 19.1. The molecule has 0 radical (unpaired) electrons. The summed E-state index contributed by atoms with van der Waals surface area (Å²) in [5, 5.41) is 5.04. The molecule has 0 spiro atoms. The van der Waals surface area contributed by atoms with Crippen LogP contribution in [0.1, 0.15) is 158 Å². The third-order valence-electron chi connectivity index (χ3n) is 18.9. The average molecular weight is 1070 g/mol. The van der Waals surface area contributed by atoms with Gasteiger partial charge in [-0.25, -0.2) is 0 Å². The largest absolute Gasteiger partial charge is 0.458 e. The SMILES string of the molecule is [2H]c1cc2c3c(c1)N(c1ccc(C(C)(C)C)cc1)c1cc(-n4c5ccc(C(C)(C)C)cc5c5cc(C(C)(C)C)ccc54)c4c(c1B3c1ccc(-n3c5ccc(C(C)(C)C)cc5c5cc(C(C)(C)C)ccc53)cc1O2)C(C)(C)c1ccccc1-4. The van der Waals surface area contributed by atoms with Crippen molar-refractivity contribution in [3.8, 4) is 34.0 Å². The van der Waals surface area contributed by atoms with Gasteiger partial charge in [0.1, 0.15) is 11.5 Å². The van der Waals surface area contributed by atoms with Crippen molar-refractivity contribution < 1.29 is 6.11 Å². The summed E-state index contributed by atoms with van der Waals surface area (Å²) in [6.45, 7) is 39.3.